The molecular formula is C13H17N3OS. The Morgan fingerprint density at radius 3 is 2.94 bits per heavy atom. The third kappa shape index (κ3) is 3.50. The highest BCUT2D eigenvalue weighted by molar-refractivity contribution is 7.98. The first-order chi connectivity index (χ1) is 8.79. The van der Waals surface area contributed by atoms with E-state index in [-0.39, 0.29) is 0 Å². The van der Waals surface area contributed by atoms with Gasteiger partial charge in [-0.2, -0.15) is 4.98 Å². The third-order valence-electron chi connectivity index (χ3n) is 2.44. The normalized spacial score (nSPS) is 10.6. The van der Waals surface area contributed by atoms with Crippen molar-refractivity contribution < 1.29 is 4.52 Å². The Kier molecular flexibility index (Phi) is 4.64. The molecule has 0 amide bonds. The fourth-order valence-electron chi connectivity index (χ4n) is 1.48. The number of hydrogen-bond donors (Lipinski definition) is 1. The Hall–Kier alpha value is -1.49. The number of nitrogens with one attached hydrogen (secondary N) is 1. The fourth-order valence-corrected chi connectivity index (χ4v) is 2.35. The Morgan fingerprint density at radius 2 is 2.17 bits per heavy atom. The molecule has 0 aliphatic rings. The van der Waals surface area contributed by atoms with Crippen molar-refractivity contribution in [3.63, 3.8) is 0 Å². The molecule has 0 aliphatic heterocycles. The summed E-state index contributed by atoms with van der Waals surface area (Å²) in [6.07, 6.45) is 1.04. The van der Waals surface area contributed by atoms with Crippen molar-refractivity contribution in [2.24, 2.45) is 0 Å². The maximum atomic E-state index is 5.10. The summed E-state index contributed by atoms with van der Waals surface area (Å²) < 4.78 is 5.10. The summed E-state index contributed by atoms with van der Waals surface area (Å²) in [5.41, 5.74) is 1.27. The summed E-state index contributed by atoms with van der Waals surface area (Å²) in [4.78, 5) is 5.54. The molecule has 2 aromatic rings. The predicted octanol–water partition coefficient (Wildman–Crippen LogP) is 3.49. The van der Waals surface area contributed by atoms with Crippen LogP contribution < -0.4 is 5.32 Å². The molecule has 5 heteroatoms. The van der Waals surface area contributed by atoms with E-state index in [0.29, 0.717) is 6.01 Å². The highest BCUT2D eigenvalue weighted by Gasteiger charge is 2.06. The lowest BCUT2D eigenvalue weighted by Gasteiger charge is -2.01. The molecule has 2 rings (SSSR count). The smallest absolute Gasteiger partial charge is 0.321 e. The van der Waals surface area contributed by atoms with Gasteiger partial charge in [-0.25, -0.2) is 0 Å². The van der Waals surface area contributed by atoms with Gasteiger partial charge in [-0.15, -0.1) is 11.8 Å². The summed E-state index contributed by atoms with van der Waals surface area (Å²) in [7, 11) is 0. The second-order valence-corrected chi connectivity index (χ2v) is 5.01. The number of hydrogen-bond acceptors (Lipinski definition) is 5. The van der Waals surface area contributed by atoms with Crippen molar-refractivity contribution in [3.05, 3.63) is 35.7 Å². The molecule has 1 aromatic carbocycles. The Balaban J connectivity index is 1.90. The highest BCUT2D eigenvalue weighted by atomic mass is 32.2. The minimum absolute atomic E-state index is 0.511. The minimum atomic E-state index is 0.511. The molecule has 0 aliphatic carbocycles. The van der Waals surface area contributed by atoms with Crippen molar-refractivity contribution in [2.45, 2.75) is 30.9 Å². The lowest BCUT2D eigenvalue weighted by molar-refractivity contribution is 0.425. The van der Waals surface area contributed by atoms with Crippen LogP contribution in [0.2, 0.25) is 0 Å². The zero-order chi connectivity index (χ0) is 12.8. The lowest BCUT2D eigenvalue weighted by atomic mass is 10.2. The van der Waals surface area contributed by atoms with Gasteiger partial charge in [0.2, 0.25) is 0 Å². The number of aromatic nitrogens is 2. The number of aryl methyl sites for hydroxylation is 1. The van der Waals surface area contributed by atoms with E-state index in [1.54, 1.807) is 11.8 Å². The molecule has 0 atom stereocenters. The van der Waals surface area contributed by atoms with E-state index >= 15 is 0 Å². The number of rotatable bonds is 6. The monoisotopic (exact) mass is 263 g/mol. The van der Waals surface area contributed by atoms with Crippen LogP contribution >= 0.6 is 11.8 Å². The molecule has 0 bridgehead atoms. The molecule has 0 unspecified atom stereocenters. The van der Waals surface area contributed by atoms with Crippen LogP contribution in [0, 0.1) is 6.92 Å². The molecule has 0 saturated carbocycles. The lowest BCUT2D eigenvalue weighted by Crippen LogP contribution is -1.99. The molecule has 0 spiro atoms. The molecule has 18 heavy (non-hydrogen) atoms. The van der Waals surface area contributed by atoms with E-state index in [4.69, 9.17) is 4.52 Å². The van der Waals surface area contributed by atoms with Gasteiger partial charge in [-0.3, -0.25) is 0 Å². The second kappa shape index (κ2) is 6.44. The van der Waals surface area contributed by atoms with Gasteiger partial charge in [0.05, 0.1) is 5.75 Å². The van der Waals surface area contributed by atoms with E-state index in [0.717, 1.165) is 24.5 Å². The van der Waals surface area contributed by atoms with Crippen LogP contribution in [0.5, 0.6) is 0 Å². The zero-order valence-electron chi connectivity index (χ0n) is 10.6. The van der Waals surface area contributed by atoms with Crippen LogP contribution in [0.1, 0.15) is 24.7 Å². The SMILES string of the molecule is CCCNc1nc(CSc2ccccc2C)no1. The zero-order valence-corrected chi connectivity index (χ0v) is 11.5. The van der Waals surface area contributed by atoms with Crippen LogP contribution in [0.3, 0.4) is 0 Å². The van der Waals surface area contributed by atoms with E-state index in [1.165, 1.54) is 10.5 Å². The van der Waals surface area contributed by atoms with E-state index in [2.05, 4.69) is 41.4 Å². The van der Waals surface area contributed by atoms with Crippen LogP contribution in [0.4, 0.5) is 6.01 Å². The molecule has 0 radical (unpaired) electrons. The van der Waals surface area contributed by atoms with E-state index < -0.39 is 0 Å². The average Bonchev–Trinajstić information content (AvgIpc) is 2.83. The van der Waals surface area contributed by atoms with Crippen molar-refractivity contribution >= 4 is 17.8 Å². The summed E-state index contributed by atoms with van der Waals surface area (Å²) in [6, 6.07) is 8.81. The minimum Gasteiger partial charge on any atom is -0.338 e. The van der Waals surface area contributed by atoms with Gasteiger partial charge >= 0.3 is 6.01 Å². The second-order valence-electron chi connectivity index (χ2n) is 4.00. The van der Waals surface area contributed by atoms with Gasteiger partial charge in [0, 0.05) is 11.4 Å². The molecule has 1 heterocycles. The number of nitrogens with zero attached hydrogens (tertiary/aromatic N) is 2. The van der Waals surface area contributed by atoms with Crippen molar-refractivity contribution in [1.82, 2.24) is 10.1 Å². The number of thioether (sulfide) groups is 1. The molecule has 4 nitrogen and oxygen atoms in total. The van der Waals surface area contributed by atoms with E-state index in [9.17, 15) is 0 Å². The average molecular weight is 263 g/mol. The number of anilines is 1. The van der Waals surface area contributed by atoms with Crippen LogP contribution in [-0.4, -0.2) is 16.7 Å². The van der Waals surface area contributed by atoms with Crippen LogP contribution in [0.15, 0.2) is 33.7 Å². The third-order valence-corrected chi connectivity index (χ3v) is 3.62. The topological polar surface area (TPSA) is 51.0 Å². The molecule has 1 N–H and O–H groups in total. The molecular weight excluding hydrogens is 246 g/mol. The molecule has 1 aromatic heterocycles. The van der Waals surface area contributed by atoms with Gasteiger partial charge in [-0.05, 0) is 25.0 Å². The largest absolute Gasteiger partial charge is 0.338 e. The maximum Gasteiger partial charge on any atom is 0.321 e. The molecule has 96 valence electrons. The van der Waals surface area contributed by atoms with Gasteiger partial charge in [0.1, 0.15) is 0 Å². The van der Waals surface area contributed by atoms with Gasteiger partial charge in [0.25, 0.3) is 0 Å². The summed E-state index contributed by atoms with van der Waals surface area (Å²) in [5.74, 6) is 1.45. The number of benzene rings is 1. The first kappa shape index (κ1) is 13.0. The molecule has 0 saturated heterocycles. The predicted molar refractivity (Wildman–Crippen MR) is 73.8 cm³/mol. The first-order valence-electron chi connectivity index (χ1n) is 6.04. The van der Waals surface area contributed by atoms with E-state index in [1.807, 2.05) is 12.1 Å². The summed E-state index contributed by atoms with van der Waals surface area (Å²) >= 11 is 1.72. The van der Waals surface area contributed by atoms with Gasteiger partial charge < -0.3 is 9.84 Å². The quantitative estimate of drug-likeness (QED) is 0.808. The molecule has 0 fully saturated rings. The van der Waals surface area contributed by atoms with Crippen molar-refractivity contribution in [2.75, 3.05) is 11.9 Å². The summed E-state index contributed by atoms with van der Waals surface area (Å²) in [6.45, 7) is 5.05. The van der Waals surface area contributed by atoms with Crippen LogP contribution in [-0.2, 0) is 5.75 Å². The van der Waals surface area contributed by atoms with Crippen LogP contribution in [0.25, 0.3) is 0 Å². The standard InChI is InChI=1S/C13H17N3OS/c1-3-8-14-13-15-12(16-17-13)9-18-11-7-5-4-6-10(11)2/h4-7H,3,8-9H2,1-2H3,(H,14,15,16). The van der Waals surface area contributed by atoms with Crippen molar-refractivity contribution in [3.8, 4) is 0 Å². The first-order valence-corrected chi connectivity index (χ1v) is 7.03. The highest BCUT2D eigenvalue weighted by Crippen LogP contribution is 2.24. The summed E-state index contributed by atoms with van der Waals surface area (Å²) in [5, 5.41) is 7.02. The van der Waals surface area contributed by atoms with Gasteiger partial charge in [-0.1, -0.05) is 30.3 Å². The Bertz CT molecular complexity index is 498. The Labute approximate surface area is 111 Å². The maximum absolute atomic E-state index is 5.10. The fraction of sp³-hybridized carbons (Fsp3) is 0.385. The Morgan fingerprint density at radius 1 is 1.33 bits per heavy atom. The van der Waals surface area contributed by atoms with Gasteiger partial charge in [0.15, 0.2) is 5.82 Å². The van der Waals surface area contributed by atoms with Crippen molar-refractivity contribution in [1.29, 1.82) is 0 Å².